The molecule has 1 aromatic carbocycles. The Morgan fingerprint density at radius 2 is 2.14 bits per heavy atom. The number of hydrogen-bond acceptors (Lipinski definition) is 3. The molecule has 4 heteroatoms. The molecule has 1 fully saturated rings. The summed E-state index contributed by atoms with van der Waals surface area (Å²) >= 11 is 1.64. The summed E-state index contributed by atoms with van der Waals surface area (Å²) in [5, 5.41) is 12.0. The van der Waals surface area contributed by atoms with Gasteiger partial charge in [0.1, 0.15) is 6.04 Å². The van der Waals surface area contributed by atoms with Gasteiger partial charge in [0, 0.05) is 5.75 Å². The third-order valence-corrected chi connectivity index (χ3v) is 3.45. The second-order valence-electron chi connectivity index (χ2n) is 3.18. The van der Waals surface area contributed by atoms with E-state index in [4.69, 9.17) is 5.11 Å². The standard InChI is InChI=1S/C10H11NO2S/c12-10(13)8-6-14-9(11-8)7-4-2-1-3-5-7/h1-5,8-9,11H,6H2,(H,12,13)/t8-,9?/m1/s1. The molecule has 1 aliphatic heterocycles. The van der Waals surface area contributed by atoms with Crippen LogP contribution in [0.4, 0.5) is 0 Å². The van der Waals surface area contributed by atoms with Crippen LogP contribution in [0.25, 0.3) is 0 Å². The van der Waals surface area contributed by atoms with Crippen LogP contribution >= 0.6 is 11.8 Å². The molecule has 14 heavy (non-hydrogen) atoms. The Kier molecular flexibility index (Phi) is 2.74. The predicted octanol–water partition coefficient (Wildman–Crippen LogP) is 1.47. The molecule has 0 saturated carbocycles. The molecule has 0 radical (unpaired) electrons. The molecule has 1 saturated heterocycles. The number of thioether (sulfide) groups is 1. The van der Waals surface area contributed by atoms with Gasteiger partial charge in [-0.15, -0.1) is 11.8 Å². The lowest BCUT2D eigenvalue weighted by Crippen LogP contribution is -2.33. The molecule has 2 N–H and O–H groups in total. The van der Waals surface area contributed by atoms with Crippen molar-refractivity contribution in [1.29, 1.82) is 0 Å². The molecule has 0 bridgehead atoms. The highest BCUT2D eigenvalue weighted by molar-refractivity contribution is 7.99. The van der Waals surface area contributed by atoms with Crippen LogP contribution in [0.2, 0.25) is 0 Å². The number of benzene rings is 1. The van der Waals surface area contributed by atoms with Crippen LogP contribution in [0, 0.1) is 0 Å². The summed E-state index contributed by atoms with van der Waals surface area (Å²) in [7, 11) is 0. The first-order valence-electron chi connectivity index (χ1n) is 4.43. The lowest BCUT2D eigenvalue weighted by atomic mass is 10.2. The van der Waals surface area contributed by atoms with E-state index >= 15 is 0 Å². The van der Waals surface area contributed by atoms with Crippen molar-refractivity contribution in [2.24, 2.45) is 0 Å². The monoisotopic (exact) mass is 209 g/mol. The van der Waals surface area contributed by atoms with E-state index in [0.717, 1.165) is 5.56 Å². The Balaban J connectivity index is 2.06. The molecule has 1 aliphatic rings. The molecular formula is C10H11NO2S. The highest BCUT2D eigenvalue weighted by atomic mass is 32.2. The summed E-state index contributed by atoms with van der Waals surface area (Å²) in [6.07, 6.45) is 0. The maximum absolute atomic E-state index is 10.7. The molecule has 0 aliphatic carbocycles. The van der Waals surface area contributed by atoms with Gasteiger partial charge in [-0.2, -0.15) is 0 Å². The summed E-state index contributed by atoms with van der Waals surface area (Å²) < 4.78 is 0. The fourth-order valence-electron chi connectivity index (χ4n) is 1.43. The number of aliphatic carboxylic acids is 1. The third kappa shape index (κ3) is 1.91. The second-order valence-corrected chi connectivity index (χ2v) is 4.32. The van der Waals surface area contributed by atoms with Crippen molar-refractivity contribution in [3.05, 3.63) is 35.9 Å². The van der Waals surface area contributed by atoms with E-state index in [2.05, 4.69) is 5.32 Å². The molecular weight excluding hydrogens is 198 g/mol. The van der Waals surface area contributed by atoms with Crippen molar-refractivity contribution in [1.82, 2.24) is 5.32 Å². The van der Waals surface area contributed by atoms with Crippen molar-refractivity contribution >= 4 is 17.7 Å². The zero-order valence-corrected chi connectivity index (χ0v) is 8.33. The van der Waals surface area contributed by atoms with Gasteiger partial charge in [-0.1, -0.05) is 30.3 Å². The molecule has 0 spiro atoms. The van der Waals surface area contributed by atoms with Crippen molar-refractivity contribution in [3.63, 3.8) is 0 Å². The van der Waals surface area contributed by atoms with Gasteiger partial charge in [0.25, 0.3) is 0 Å². The average Bonchev–Trinajstić information content (AvgIpc) is 2.68. The molecule has 1 unspecified atom stereocenters. The van der Waals surface area contributed by atoms with E-state index in [1.54, 1.807) is 11.8 Å². The van der Waals surface area contributed by atoms with Crippen LogP contribution < -0.4 is 5.32 Å². The SMILES string of the molecule is O=C(O)[C@H]1CSC(c2ccccc2)N1. The predicted molar refractivity (Wildman–Crippen MR) is 56.2 cm³/mol. The number of carboxylic acid groups (broad SMARTS) is 1. The fraction of sp³-hybridized carbons (Fsp3) is 0.300. The zero-order chi connectivity index (χ0) is 9.97. The lowest BCUT2D eigenvalue weighted by Gasteiger charge is -2.10. The Labute approximate surface area is 86.5 Å². The molecule has 74 valence electrons. The molecule has 0 aromatic heterocycles. The normalized spacial score (nSPS) is 26.3. The number of hydrogen-bond donors (Lipinski definition) is 2. The van der Waals surface area contributed by atoms with E-state index in [9.17, 15) is 4.79 Å². The third-order valence-electron chi connectivity index (χ3n) is 2.18. The zero-order valence-electron chi connectivity index (χ0n) is 7.51. The van der Waals surface area contributed by atoms with Crippen LogP contribution in [-0.2, 0) is 4.79 Å². The first-order valence-corrected chi connectivity index (χ1v) is 5.47. The largest absolute Gasteiger partial charge is 0.480 e. The number of nitrogens with one attached hydrogen (secondary N) is 1. The summed E-state index contributed by atoms with van der Waals surface area (Å²) in [4.78, 5) is 10.7. The summed E-state index contributed by atoms with van der Waals surface area (Å²) in [5.41, 5.74) is 1.14. The quantitative estimate of drug-likeness (QED) is 0.774. The van der Waals surface area contributed by atoms with Crippen LogP contribution in [0.3, 0.4) is 0 Å². The van der Waals surface area contributed by atoms with Crippen LogP contribution in [-0.4, -0.2) is 22.9 Å². The second kappa shape index (κ2) is 4.02. The van der Waals surface area contributed by atoms with Crippen molar-refractivity contribution in [3.8, 4) is 0 Å². The van der Waals surface area contributed by atoms with Crippen molar-refractivity contribution in [2.45, 2.75) is 11.4 Å². The maximum Gasteiger partial charge on any atom is 0.321 e. The minimum Gasteiger partial charge on any atom is -0.480 e. The van der Waals surface area contributed by atoms with Gasteiger partial charge in [-0.05, 0) is 5.56 Å². The summed E-state index contributed by atoms with van der Waals surface area (Å²) in [5.74, 6) is -0.134. The minimum absolute atomic E-state index is 0.123. The highest BCUT2D eigenvalue weighted by Crippen LogP contribution is 2.32. The van der Waals surface area contributed by atoms with E-state index in [1.807, 2.05) is 30.3 Å². The van der Waals surface area contributed by atoms with Gasteiger partial charge >= 0.3 is 5.97 Å². The fourth-order valence-corrected chi connectivity index (χ4v) is 2.67. The van der Waals surface area contributed by atoms with Gasteiger partial charge in [-0.25, -0.2) is 0 Å². The molecule has 3 nitrogen and oxygen atoms in total. The van der Waals surface area contributed by atoms with Gasteiger partial charge < -0.3 is 5.11 Å². The summed E-state index contributed by atoms with van der Waals surface area (Å²) in [6.45, 7) is 0. The number of carboxylic acids is 1. The molecule has 2 atom stereocenters. The van der Waals surface area contributed by atoms with Gasteiger partial charge in [0.05, 0.1) is 5.37 Å². The van der Waals surface area contributed by atoms with Crippen molar-refractivity contribution in [2.75, 3.05) is 5.75 Å². The van der Waals surface area contributed by atoms with Gasteiger partial charge in [-0.3, -0.25) is 10.1 Å². The van der Waals surface area contributed by atoms with E-state index in [-0.39, 0.29) is 5.37 Å². The van der Waals surface area contributed by atoms with Gasteiger partial charge in [0.2, 0.25) is 0 Å². The first-order chi connectivity index (χ1) is 6.77. The van der Waals surface area contributed by atoms with Crippen LogP contribution in [0.15, 0.2) is 30.3 Å². The Hall–Kier alpha value is -1.00. The van der Waals surface area contributed by atoms with Crippen LogP contribution in [0.5, 0.6) is 0 Å². The van der Waals surface area contributed by atoms with Crippen LogP contribution in [0.1, 0.15) is 10.9 Å². The highest BCUT2D eigenvalue weighted by Gasteiger charge is 2.29. The lowest BCUT2D eigenvalue weighted by molar-refractivity contribution is -0.138. The first kappa shape index (κ1) is 9.55. The van der Waals surface area contributed by atoms with Gasteiger partial charge in [0.15, 0.2) is 0 Å². The number of carbonyl (C=O) groups is 1. The van der Waals surface area contributed by atoms with Crippen molar-refractivity contribution < 1.29 is 9.90 Å². The van der Waals surface area contributed by atoms with E-state index < -0.39 is 12.0 Å². The van der Waals surface area contributed by atoms with E-state index in [0.29, 0.717) is 5.75 Å². The minimum atomic E-state index is -0.768. The molecule has 1 aromatic rings. The summed E-state index contributed by atoms with van der Waals surface area (Å²) in [6, 6.07) is 9.49. The Morgan fingerprint density at radius 3 is 2.71 bits per heavy atom. The Morgan fingerprint density at radius 1 is 1.43 bits per heavy atom. The molecule has 1 heterocycles. The molecule has 2 rings (SSSR count). The topological polar surface area (TPSA) is 49.3 Å². The number of rotatable bonds is 2. The Bertz CT molecular complexity index is 328. The average molecular weight is 209 g/mol. The smallest absolute Gasteiger partial charge is 0.321 e. The molecule has 0 amide bonds. The maximum atomic E-state index is 10.7. The van der Waals surface area contributed by atoms with E-state index in [1.165, 1.54) is 0 Å².